The number of hydrogen-bond donors (Lipinski definition) is 2. The Morgan fingerprint density at radius 1 is 1.24 bits per heavy atom. The molecular weight excluding hydrogens is 342 g/mol. The molecule has 2 aromatic rings. The molecule has 0 spiro atoms. The van der Waals surface area contributed by atoms with E-state index in [1.807, 2.05) is 13.0 Å². The van der Waals surface area contributed by atoms with Gasteiger partial charge in [-0.2, -0.15) is 0 Å². The fourth-order valence-corrected chi connectivity index (χ4v) is 3.90. The number of methoxy groups -OCH3 is 1. The van der Waals surface area contributed by atoms with E-state index in [9.17, 15) is 13.2 Å². The summed E-state index contributed by atoms with van der Waals surface area (Å²) in [4.78, 5) is 16.9. The van der Waals surface area contributed by atoms with Crippen LogP contribution in [0.25, 0.3) is 0 Å². The highest BCUT2D eigenvalue weighted by atomic mass is 32.2. The van der Waals surface area contributed by atoms with Gasteiger partial charge in [0, 0.05) is 19.3 Å². The molecule has 0 radical (unpaired) electrons. The zero-order valence-corrected chi connectivity index (χ0v) is 15.0. The molecular formula is C17H21N3O4S. The molecule has 1 amide bonds. The SMILES string of the molecule is COc1ccc(C)cc1NS(=O)(=O)c1c[nH]c(C(=O)N2CCCC2)c1. The van der Waals surface area contributed by atoms with Gasteiger partial charge in [0.05, 0.1) is 12.8 Å². The summed E-state index contributed by atoms with van der Waals surface area (Å²) in [7, 11) is -2.35. The van der Waals surface area contributed by atoms with Crippen LogP contribution >= 0.6 is 0 Å². The van der Waals surface area contributed by atoms with Gasteiger partial charge in [0.15, 0.2) is 0 Å². The number of aromatic nitrogens is 1. The molecule has 1 aromatic carbocycles. The quantitative estimate of drug-likeness (QED) is 0.853. The molecule has 7 nitrogen and oxygen atoms in total. The Bertz CT molecular complexity index is 883. The highest BCUT2D eigenvalue weighted by molar-refractivity contribution is 7.92. The average molecular weight is 363 g/mol. The molecule has 134 valence electrons. The van der Waals surface area contributed by atoms with Crippen LogP contribution in [0.1, 0.15) is 28.9 Å². The topological polar surface area (TPSA) is 91.5 Å². The average Bonchev–Trinajstić information content (AvgIpc) is 3.26. The third-order valence-electron chi connectivity index (χ3n) is 4.19. The lowest BCUT2D eigenvalue weighted by Crippen LogP contribution is -2.27. The molecule has 25 heavy (non-hydrogen) atoms. The van der Waals surface area contributed by atoms with Gasteiger partial charge in [-0.15, -0.1) is 0 Å². The van der Waals surface area contributed by atoms with Crippen molar-refractivity contribution in [2.45, 2.75) is 24.7 Å². The minimum absolute atomic E-state index is 0.0126. The summed E-state index contributed by atoms with van der Waals surface area (Å²) in [5.74, 6) is 0.255. The maximum Gasteiger partial charge on any atom is 0.270 e. The predicted octanol–water partition coefficient (Wildman–Crippen LogP) is 2.37. The Morgan fingerprint density at radius 2 is 1.96 bits per heavy atom. The van der Waals surface area contributed by atoms with Crippen molar-refractivity contribution in [3.8, 4) is 5.75 Å². The molecule has 3 rings (SSSR count). The first-order valence-corrected chi connectivity index (χ1v) is 9.54. The summed E-state index contributed by atoms with van der Waals surface area (Å²) < 4.78 is 33.0. The number of benzene rings is 1. The Labute approximate surface area is 147 Å². The van der Waals surface area contributed by atoms with E-state index in [1.165, 1.54) is 19.4 Å². The zero-order valence-electron chi connectivity index (χ0n) is 14.2. The molecule has 2 heterocycles. The Kier molecular flexibility index (Phi) is 4.71. The van der Waals surface area contributed by atoms with E-state index in [1.54, 1.807) is 17.0 Å². The number of amides is 1. The minimum Gasteiger partial charge on any atom is -0.495 e. The van der Waals surface area contributed by atoms with E-state index in [4.69, 9.17) is 4.74 Å². The summed E-state index contributed by atoms with van der Waals surface area (Å²) in [5, 5.41) is 0. The Morgan fingerprint density at radius 3 is 2.64 bits per heavy atom. The molecule has 1 aliphatic rings. The maximum absolute atomic E-state index is 12.6. The summed E-state index contributed by atoms with van der Waals surface area (Å²) in [5.41, 5.74) is 1.53. The normalized spacial score (nSPS) is 14.6. The first-order valence-electron chi connectivity index (χ1n) is 8.06. The van der Waals surface area contributed by atoms with E-state index in [-0.39, 0.29) is 16.5 Å². The van der Waals surface area contributed by atoms with Gasteiger partial charge in [-0.1, -0.05) is 6.07 Å². The van der Waals surface area contributed by atoms with Crippen molar-refractivity contribution >= 4 is 21.6 Å². The summed E-state index contributed by atoms with van der Waals surface area (Å²) in [6.07, 6.45) is 3.28. The predicted molar refractivity (Wildman–Crippen MR) is 94.5 cm³/mol. The number of carbonyl (C=O) groups excluding carboxylic acids is 1. The van der Waals surface area contributed by atoms with Crippen LogP contribution in [0.5, 0.6) is 5.75 Å². The third-order valence-corrected chi connectivity index (χ3v) is 5.53. The van der Waals surface area contributed by atoms with Gasteiger partial charge in [-0.25, -0.2) is 8.42 Å². The number of nitrogens with one attached hydrogen (secondary N) is 2. The van der Waals surface area contributed by atoms with Crippen LogP contribution in [0.15, 0.2) is 35.4 Å². The highest BCUT2D eigenvalue weighted by Crippen LogP contribution is 2.28. The number of sulfonamides is 1. The van der Waals surface area contributed by atoms with E-state index in [2.05, 4.69) is 9.71 Å². The van der Waals surface area contributed by atoms with E-state index >= 15 is 0 Å². The number of hydrogen-bond acceptors (Lipinski definition) is 4. The van der Waals surface area contributed by atoms with Crippen molar-refractivity contribution in [2.75, 3.05) is 24.9 Å². The van der Waals surface area contributed by atoms with Gasteiger partial charge in [0.1, 0.15) is 16.3 Å². The molecule has 1 saturated heterocycles. The van der Waals surface area contributed by atoms with Crippen molar-refractivity contribution in [2.24, 2.45) is 0 Å². The fourth-order valence-electron chi connectivity index (χ4n) is 2.85. The number of H-pyrrole nitrogens is 1. The molecule has 0 aliphatic carbocycles. The lowest BCUT2D eigenvalue weighted by atomic mass is 10.2. The number of aryl methyl sites for hydroxylation is 1. The molecule has 0 unspecified atom stereocenters. The molecule has 2 N–H and O–H groups in total. The van der Waals surface area contributed by atoms with Gasteiger partial charge in [0.2, 0.25) is 0 Å². The van der Waals surface area contributed by atoms with Crippen molar-refractivity contribution in [1.82, 2.24) is 9.88 Å². The van der Waals surface area contributed by atoms with Crippen molar-refractivity contribution < 1.29 is 17.9 Å². The van der Waals surface area contributed by atoms with E-state index in [0.717, 1.165) is 18.4 Å². The van der Waals surface area contributed by atoms with E-state index < -0.39 is 10.0 Å². The van der Waals surface area contributed by atoms with E-state index in [0.29, 0.717) is 24.5 Å². The second-order valence-electron chi connectivity index (χ2n) is 6.06. The summed E-state index contributed by atoms with van der Waals surface area (Å²) in [6.45, 7) is 3.28. The lowest BCUT2D eigenvalue weighted by molar-refractivity contribution is 0.0787. The van der Waals surface area contributed by atoms with Crippen molar-refractivity contribution in [1.29, 1.82) is 0 Å². The summed E-state index contributed by atoms with van der Waals surface area (Å²) in [6, 6.07) is 6.59. The number of rotatable bonds is 5. The number of anilines is 1. The number of carbonyl (C=O) groups is 1. The molecule has 1 aromatic heterocycles. The number of likely N-dealkylation sites (tertiary alicyclic amines) is 1. The zero-order chi connectivity index (χ0) is 18.0. The molecule has 0 bridgehead atoms. The second kappa shape index (κ2) is 6.79. The van der Waals surface area contributed by atoms with Crippen LogP contribution in [0.4, 0.5) is 5.69 Å². The molecule has 1 fully saturated rings. The minimum atomic E-state index is -3.83. The standard InChI is InChI=1S/C17H21N3O4S/c1-12-5-6-16(24-2)14(9-12)19-25(22,23)13-10-15(18-11-13)17(21)20-7-3-4-8-20/h5-6,9-11,18-19H,3-4,7-8H2,1-2H3. The number of aromatic amines is 1. The first kappa shape index (κ1) is 17.3. The fraction of sp³-hybridized carbons (Fsp3) is 0.353. The van der Waals surface area contributed by atoms with Crippen LogP contribution in [0.3, 0.4) is 0 Å². The summed E-state index contributed by atoms with van der Waals surface area (Å²) >= 11 is 0. The lowest BCUT2D eigenvalue weighted by Gasteiger charge is -2.13. The Balaban J connectivity index is 1.84. The molecule has 1 aliphatic heterocycles. The largest absolute Gasteiger partial charge is 0.495 e. The first-order chi connectivity index (χ1) is 11.9. The van der Waals surface area contributed by atoms with Crippen LogP contribution < -0.4 is 9.46 Å². The van der Waals surface area contributed by atoms with Crippen molar-refractivity contribution in [3.63, 3.8) is 0 Å². The third kappa shape index (κ3) is 3.63. The molecule has 0 atom stereocenters. The molecule has 0 saturated carbocycles. The Hall–Kier alpha value is -2.48. The van der Waals surface area contributed by atoms with Crippen LogP contribution in [-0.2, 0) is 10.0 Å². The second-order valence-corrected chi connectivity index (χ2v) is 7.74. The van der Waals surface area contributed by atoms with Crippen LogP contribution in [-0.4, -0.2) is 44.4 Å². The van der Waals surface area contributed by atoms with Gasteiger partial charge in [-0.05, 0) is 43.5 Å². The van der Waals surface area contributed by atoms with Crippen molar-refractivity contribution in [3.05, 3.63) is 41.7 Å². The van der Waals surface area contributed by atoms with Gasteiger partial charge < -0.3 is 14.6 Å². The number of ether oxygens (including phenoxy) is 1. The van der Waals surface area contributed by atoms with Crippen LogP contribution in [0, 0.1) is 6.92 Å². The monoisotopic (exact) mass is 363 g/mol. The van der Waals surface area contributed by atoms with Gasteiger partial charge >= 0.3 is 0 Å². The molecule has 8 heteroatoms. The number of nitrogens with zero attached hydrogens (tertiary/aromatic N) is 1. The highest BCUT2D eigenvalue weighted by Gasteiger charge is 2.24. The smallest absolute Gasteiger partial charge is 0.270 e. The maximum atomic E-state index is 12.6. The van der Waals surface area contributed by atoms with Gasteiger partial charge in [0.25, 0.3) is 15.9 Å². The van der Waals surface area contributed by atoms with Crippen LogP contribution in [0.2, 0.25) is 0 Å². The van der Waals surface area contributed by atoms with Gasteiger partial charge in [-0.3, -0.25) is 9.52 Å².